The highest BCUT2D eigenvalue weighted by atomic mass is 19.1. The van der Waals surface area contributed by atoms with Gasteiger partial charge >= 0.3 is 0 Å². The topological polar surface area (TPSA) is 32.3 Å². The molecule has 0 aromatic heterocycles. The second kappa shape index (κ2) is 5.84. The fourth-order valence-electron chi connectivity index (χ4n) is 3.02. The number of carbonyl (C=O) groups excluding carboxylic acids is 1. The van der Waals surface area contributed by atoms with Crippen LogP contribution in [0.5, 0.6) is 0 Å². The Bertz CT molecular complexity index is 545. The number of halogens is 2. The molecule has 0 radical (unpaired) electrons. The molecule has 3 rings (SSSR count). The Morgan fingerprint density at radius 3 is 2.52 bits per heavy atom. The highest BCUT2D eigenvalue weighted by Gasteiger charge is 2.29. The van der Waals surface area contributed by atoms with Gasteiger partial charge < -0.3 is 10.2 Å². The predicted molar refractivity (Wildman–Crippen MR) is 77.0 cm³/mol. The lowest BCUT2D eigenvalue weighted by Gasteiger charge is -2.21. The Morgan fingerprint density at radius 1 is 1.19 bits per heavy atom. The minimum atomic E-state index is -0.554. The summed E-state index contributed by atoms with van der Waals surface area (Å²) in [6, 6.07) is 3.83. The van der Waals surface area contributed by atoms with Gasteiger partial charge in [0, 0.05) is 25.0 Å². The van der Waals surface area contributed by atoms with Gasteiger partial charge in [0.25, 0.3) is 0 Å². The van der Waals surface area contributed by atoms with Crippen molar-refractivity contribution in [2.45, 2.75) is 25.3 Å². The third-order valence-corrected chi connectivity index (χ3v) is 4.17. The van der Waals surface area contributed by atoms with Crippen LogP contribution < -0.4 is 10.2 Å². The number of para-hydroxylation sites is 1. The van der Waals surface area contributed by atoms with E-state index in [1.54, 1.807) is 4.90 Å². The molecule has 0 bridgehead atoms. The summed E-state index contributed by atoms with van der Waals surface area (Å²) >= 11 is 0. The number of amides is 1. The number of hydrogen-bond acceptors (Lipinski definition) is 2. The number of anilines is 1. The first-order valence-corrected chi connectivity index (χ1v) is 7.29. The van der Waals surface area contributed by atoms with E-state index in [4.69, 9.17) is 0 Å². The summed E-state index contributed by atoms with van der Waals surface area (Å²) in [5.74, 6) is -1.05. The summed E-state index contributed by atoms with van der Waals surface area (Å²) in [6.45, 7) is 0.995. The molecule has 112 valence electrons. The van der Waals surface area contributed by atoms with Gasteiger partial charge in [0.1, 0.15) is 17.3 Å². The smallest absolute Gasteiger partial charge is 0.224 e. The summed E-state index contributed by atoms with van der Waals surface area (Å²) < 4.78 is 27.5. The first-order valence-electron chi connectivity index (χ1n) is 7.29. The fraction of sp³-hybridized carbons (Fsp3) is 0.438. The average molecular weight is 292 g/mol. The molecule has 1 unspecified atom stereocenters. The molecule has 1 aliphatic carbocycles. The minimum Gasteiger partial charge on any atom is -0.365 e. The van der Waals surface area contributed by atoms with Crippen molar-refractivity contribution in [1.82, 2.24) is 5.32 Å². The quantitative estimate of drug-likeness (QED) is 0.869. The molecule has 21 heavy (non-hydrogen) atoms. The second-order valence-corrected chi connectivity index (χ2v) is 5.65. The van der Waals surface area contributed by atoms with Gasteiger partial charge in [-0.25, -0.2) is 8.78 Å². The fourth-order valence-corrected chi connectivity index (χ4v) is 3.02. The van der Waals surface area contributed by atoms with Gasteiger partial charge in [-0.2, -0.15) is 0 Å². The van der Waals surface area contributed by atoms with Crippen molar-refractivity contribution in [2.24, 2.45) is 5.92 Å². The largest absolute Gasteiger partial charge is 0.365 e. The number of allylic oxidation sites excluding steroid dienone is 2. The molecule has 0 spiro atoms. The predicted octanol–water partition coefficient (Wildman–Crippen LogP) is 2.63. The highest BCUT2D eigenvalue weighted by Crippen LogP contribution is 2.27. The molecule has 1 aromatic rings. The molecule has 1 amide bonds. The van der Waals surface area contributed by atoms with Crippen LogP contribution in [0.15, 0.2) is 30.4 Å². The third-order valence-electron chi connectivity index (χ3n) is 4.17. The van der Waals surface area contributed by atoms with Crippen LogP contribution in [0, 0.1) is 17.6 Å². The van der Waals surface area contributed by atoms with Crippen LogP contribution in [0.4, 0.5) is 14.5 Å². The molecule has 3 nitrogen and oxygen atoms in total. The van der Waals surface area contributed by atoms with E-state index in [-0.39, 0.29) is 23.6 Å². The van der Waals surface area contributed by atoms with Crippen LogP contribution in [0.25, 0.3) is 0 Å². The molecule has 5 heteroatoms. The van der Waals surface area contributed by atoms with E-state index >= 15 is 0 Å². The molecule has 1 saturated heterocycles. The maximum atomic E-state index is 13.8. The van der Waals surface area contributed by atoms with E-state index in [0.29, 0.717) is 19.5 Å². The van der Waals surface area contributed by atoms with E-state index in [2.05, 4.69) is 5.32 Å². The molecule has 1 heterocycles. The Hall–Kier alpha value is -1.91. The first-order chi connectivity index (χ1) is 10.1. The summed E-state index contributed by atoms with van der Waals surface area (Å²) in [4.78, 5) is 13.7. The highest BCUT2D eigenvalue weighted by molar-refractivity contribution is 5.80. The summed E-state index contributed by atoms with van der Waals surface area (Å²) in [5, 5.41) is 2.99. The lowest BCUT2D eigenvalue weighted by molar-refractivity contribution is -0.125. The van der Waals surface area contributed by atoms with Gasteiger partial charge in [0.2, 0.25) is 5.91 Å². The normalized spacial score (nSPS) is 22.0. The maximum Gasteiger partial charge on any atom is 0.224 e. The molecule has 1 aromatic carbocycles. The monoisotopic (exact) mass is 292 g/mol. The van der Waals surface area contributed by atoms with E-state index in [0.717, 1.165) is 12.8 Å². The maximum absolute atomic E-state index is 13.8. The van der Waals surface area contributed by atoms with E-state index in [1.807, 2.05) is 12.2 Å². The second-order valence-electron chi connectivity index (χ2n) is 5.65. The van der Waals surface area contributed by atoms with Crippen molar-refractivity contribution >= 4 is 11.6 Å². The minimum absolute atomic E-state index is 0.0109. The van der Waals surface area contributed by atoms with Crippen molar-refractivity contribution in [1.29, 1.82) is 0 Å². The van der Waals surface area contributed by atoms with E-state index < -0.39 is 11.6 Å². The Morgan fingerprint density at radius 2 is 1.86 bits per heavy atom. The van der Waals surface area contributed by atoms with Gasteiger partial charge in [-0.05, 0) is 31.4 Å². The molecule has 2 aliphatic rings. The summed E-state index contributed by atoms with van der Waals surface area (Å²) in [6.07, 6.45) is 6.30. The molecule has 0 saturated carbocycles. The van der Waals surface area contributed by atoms with Gasteiger partial charge in [-0.3, -0.25) is 4.79 Å². The Kier molecular flexibility index (Phi) is 3.90. The van der Waals surface area contributed by atoms with Gasteiger partial charge in [-0.15, -0.1) is 0 Å². The summed E-state index contributed by atoms with van der Waals surface area (Å²) in [7, 11) is 0. The molecule has 1 atom stereocenters. The molecular formula is C16H18F2N2O. The van der Waals surface area contributed by atoms with Crippen molar-refractivity contribution in [3.8, 4) is 0 Å². The van der Waals surface area contributed by atoms with Crippen molar-refractivity contribution < 1.29 is 13.6 Å². The Labute approximate surface area is 122 Å². The van der Waals surface area contributed by atoms with E-state index in [9.17, 15) is 13.6 Å². The molecule has 1 N–H and O–H groups in total. The zero-order valence-electron chi connectivity index (χ0n) is 11.7. The van der Waals surface area contributed by atoms with E-state index in [1.165, 1.54) is 18.2 Å². The third kappa shape index (κ3) is 2.91. The van der Waals surface area contributed by atoms with Crippen molar-refractivity contribution in [3.63, 3.8) is 0 Å². The van der Waals surface area contributed by atoms with Crippen LogP contribution in [0.3, 0.4) is 0 Å². The van der Waals surface area contributed by atoms with Gasteiger partial charge in [0.05, 0.1) is 0 Å². The zero-order valence-corrected chi connectivity index (χ0v) is 11.7. The number of nitrogens with zero attached hydrogens (tertiary/aromatic N) is 1. The molecule has 1 aliphatic heterocycles. The summed E-state index contributed by atoms with van der Waals surface area (Å²) in [5.41, 5.74) is 0.0109. The van der Waals surface area contributed by atoms with Crippen LogP contribution in [-0.4, -0.2) is 25.0 Å². The van der Waals surface area contributed by atoms with Crippen molar-refractivity contribution in [2.75, 3.05) is 18.0 Å². The molecular weight excluding hydrogens is 274 g/mol. The SMILES string of the molecule is O=C(NC1CCN(c2c(F)cccc2F)C1)C1CC=CC1. The molecule has 1 fully saturated rings. The van der Waals surface area contributed by atoms with Gasteiger partial charge in [0.15, 0.2) is 0 Å². The van der Waals surface area contributed by atoms with Crippen LogP contribution in [0.1, 0.15) is 19.3 Å². The number of rotatable bonds is 3. The zero-order chi connectivity index (χ0) is 14.8. The number of hydrogen-bond donors (Lipinski definition) is 1. The van der Waals surface area contributed by atoms with Crippen molar-refractivity contribution in [3.05, 3.63) is 42.0 Å². The van der Waals surface area contributed by atoms with Crippen LogP contribution in [0.2, 0.25) is 0 Å². The lowest BCUT2D eigenvalue weighted by Crippen LogP contribution is -2.40. The average Bonchev–Trinajstić information content (AvgIpc) is 3.10. The van der Waals surface area contributed by atoms with Gasteiger partial charge in [-0.1, -0.05) is 18.2 Å². The standard InChI is InChI=1S/C16H18F2N2O/c17-13-6-3-7-14(18)15(13)20-9-8-12(10-20)19-16(21)11-4-1-2-5-11/h1-3,6-7,11-12H,4-5,8-10H2,(H,19,21). The number of carbonyl (C=O) groups is 1. The Balaban J connectivity index is 1.61. The number of benzene rings is 1. The lowest BCUT2D eigenvalue weighted by atomic mass is 10.1. The first kappa shape index (κ1) is 14.0. The van der Waals surface area contributed by atoms with Crippen LogP contribution in [-0.2, 0) is 4.79 Å². The van der Waals surface area contributed by atoms with Crippen LogP contribution >= 0.6 is 0 Å². The number of nitrogens with one attached hydrogen (secondary N) is 1.